The van der Waals surface area contributed by atoms with E-state index in [2.05, 4.69) is 5.32 Å². The number of hydrogen-bond acceptors (Lipinski definition) is 3. The Morgan fingerprint density at radius 3 is 2.63 bits per heavy atom. The summed E-state index contributed by atoms with van der Waals surface area (Å²) in [6.07, 6.45) is 0.617. The molecule has 0 saturated carbocycles. The third-order valence-electron chi connectivity index (χ3n) is 2.82. The lowest BCUT2D eigenvalue weighted by atomic mass is 10.0. The minimum atomic E-state index is -0.803. The highest BCUT2D eigenvalue weighted by molar-refractivity contribution is 5.73. The van der Waals surface area contributed by atoms with E-state index in [4.69, 9.17) is 4.74 Å². The van der Waals surface area contributed by atoms with Gasteiger partial charge in [-0.05, 0) is 25.3 Å². The van der Waals surface area contributed by atoms with Crippen LogP contribution in [-0.2, 0) is 11.3 Å². The molecular formula is C15H23NO3. The minimum Gasteiger partial charge on any atom is -0.494 e. The Balaban J connectivity index is 2.65. The number of nitrogens with one attached hydrogen (secondary N) is 1. The molecule has 0 aliphatic carbocycles. The van der Waals surface area contributed by atoms with Crippen LogP contribution in [0.5, 0.6) is 5.75 Å². The van der Waals surface area contributed by atoms with Crippen LogP contribution >= 0.6 is 0 Å². The molecule has 0 spiro atoms. The number of benzene rings is 1. The van der Waals surface area contributed by atoms with E-state index < -0.39 is 12.0 Å². The fourth-order valence-electron chi connectivity index (χ4n) is 1.92. The molecule has 0 amide bonds. The van der Waals surface area contributed by atoms with E-state index in [1.165, 1.54) is 0 Å². The second-order valence-electron chi connectivity index (χ2n) is 4.94. The lowest BCUT2D eigenvalue weighted by molar-refractivity contribution is -0.140. The molecule has 0 bridgehead atoms. The van der Waals surface area contributed by atoms with E-state index >= 15 is 0 Å². The van der Waals surface area contributed by atoms with Crippen molar-refractivity contribution in [3.8, 4) is 5.75 Å². The van der Waals surface area contributed by atoms with Crippen LogP contribution in [0.3, 0.4) is 0 Å². The van der Waals surface area contributed by atoms with Gasteiger partial charge in [0.15, 0.2) is 0 Å². The van der Waals surface area contributed by atoms with Gasteiger partial charge < -0.3 is 15.2 Å². The monoisotopic (exact) mass is 265 g/mol. The second kappa shape index (κ2) is 7.79. The number of carboxylic acids is 1. The lowest BCUT2D eigenvalue weighted by Gasteiger charge is -2.17. The Morgan fingerprint density at radius 2 is 2.05 bits per heavy atom. The molecule has 4 heteroatoms. The van der Waals surface area contributed by atoms with Crippen molar-refractivity contribution in [3.63, 3.8) is 0 Å². The van der Waals surface area contributed by atoms with Gasteiger partial charge in [-0.25, -0.2) is 0 Å². The van der Waals surface area contributed by atoms with Gasteiger partial charge in [0, 0.05) is 12.1 Å². The predicted octanol–water partition coefficient (Wildman–Crippen LogP) is 2.67. The first-order valence-electron chi connectivity index (χ1n) is 6.71. The maximum atomic E-state index is 11.2. The van der Waals surface area contributed by atoms with Crippen LogP contribution in [0.4, 0.5) is 0 Å². The Morgan fingerprint density at radius 1 is 1.37 bits per heavy atom. The van der Waals surface area contributed by atoms with Crippen LogP contribution in [0.15, 0.2) is 24.3 Å². The van der Waals surface area contributed by atoms with Gasteiger partial charge in [-0.1, -0.05) is 32.0 Å². The van der Waals surface area contributed by atoms with E-state index in [0.717, 1.165) is 11.3 Å². The summed E-state index contributed by atoms with van der Waals surface area (Å²) in [5, 5.41) is 12.3. The molecule has 0 radical (unpaired) electrons. The van der Waals surface area contributed by atoms with Crippen molar-refractivity contribution in [2.45, 2.75) is 39.8 Å². The Bertz CT molecular complexity index is 404. The summed E-state index contributed by atoms with van der Waals surface area (Å²) in [4.78, 5) is 11.2. The largest absolute Gasteiger partial charge is 0.494 e. The highest BCUT2D eigenvalue weighted by atomic mass is 16.5. The highest BCUT2D eigenvalue weighted by Crippen LogP contribution is 2.18. The van der Waals surface area contributed by atoms with Crippen LogP contribution < -0.4 is 10.1 Å². The number of rotatable bonds is 8. The standard InChI is InChI=1S/C15H23NO3/c1-4-19-14-8-6-5-7-12(14)10-16-13(15(17)18)9-11(2)3/h5-8,11,13,16H,4,9-10H2,1-3H3,(H,17,18). The Kier molecular flexibility index (Phi) is 6.36. The Hall–Kier alpha value is -1.55. The molecule has 0 aliphatic rings. The molecule has 0 aliphatic heterocycles. The maximum absolute atomic E-state index is 11.2. The number of ether oxygens (including phenoxy) is 1. The zero-order chi connectivity index (χ0) is 14.3. The molecule has 4 nitrogen and oxygen atoms in total. The van der Waals surface area contributed by atoms with Gasteiger partial charge >= 0.3 is 5.97 Å². The summed E-state index contributed by atoms with van der Waals surface area (Å²) in [5.41, 5.74) is 0.986. The molecule has 106 valence electrons. The first kappa shape index (κ1) is 15.5. The van der Waals surface area contributed by atoms with Crippen molar-refractivity contribution in [2.75, 3.05) is 6.61 Å². The lowest BCUT2D eigenvalue weighted by Crippen LogP contribution is -2.37. The van der Waals surface area contributed by atoms with E-state index in [0.29, 0.717) is 25.5 Å². The van der Waals surface area contributed by atoms with Crippen molar-refractivity contribution < 1.29 is 14.6 Å². The topological polar surface area (TPSA) is 58.6 Å². The minimum absolute atomic E-state index is 0.343. The van der Waals surface area contributed by atoms with Crippen LogP contribution in [-0.4, -0.2) is 23.7 Å². The summed E-state index contributed by atoms with van der Waals surface area (Å²) in [6, 6.07) is 7.18. The molecule has 1 rings (SSSR count). The molecule has 2 N–H and O–H groups in total. The highest BCUT2D eigenvalue weighted by Gasteiger charge is 2.18. The SMILES string of the molecule is CCOc1ccccc1CNC(CC(C)C)C(=O)O. The quantitative estimate of drug-likeness (QED) is 0.758. The van der Waals surface area contributed by atoms with E-state index in [9.17, 15) is 9.90 Å². The third kappa shape index (κ3) is 5.30. The van der Waals surface area contributed by atoms with Crippen molar-refractivity contribution in [1.29, 1.82) is 0 Å². The zero-order valence-corrected chi connectivity index (χ0v) is 11.8. The number of aliphatic carboxylic acids is 1. The predicted molar refractivity (Wildman–Crippen MR) is 75.3 cm³/mol. The number of para-hydroxylation sites is 1. The number of hydrogen-bond donors (Lipinski definition) is 2. The molecule has 1 aromatic carbocycles. The summed E-state index contributed by atoms with van der Waals surface area (Å²) >= 11 is 0. The molecule has 1 unspecified atom stereocenters. The third-order valence-corrected chi connectivity index (χ3v) is 2.82. The van der Waals surface area contributed by atoms with Crippen LogP contribution in [0.2, 0.25) is 0 Å². The van der Waals surface area contributed by atoms with Gasteiger partial charge in [-0.15, -0.1) is 0 Å². The molecule has 19 heavy (non-hydrogen) atoms. The molecule has 1 atom stereocenters. The molecule has 0 heterocycles. The van der Waals surface area contributed by atoms with Gasteiger partial charge in [-0.3, -0.25) is 4.79 Å². The summed E-state index contributed by atoms with van der Waals surface area (Å²) in [6.45, 7) is 7.08. The second-order valence-corrected chi connectivity index (χ2v) is 4.94. The van der Waals surface area contributed by atoms with Crippen LogP contribution in [0.1, 0.15) is 32.8 Å². The van der Waals surface area contributed by atoms with Gasteiger partial charge in [0.25, 0.3) is 0 Å². The van der Waals surface area contributed by atoms with E-state index in [1.54, 1.807) is 0 Å². The fraction of sp³-hybridized carbons (Fsp3) is 0.533. The fourth-order valence-corrected chi connectivity index (χ4v) is 1.92. The maximum Gasteiger partial charge on any atom is 0.320 e. The normalized spacial score (nSPS) is 12.4. The number of carbonyl (C=O) groups is 1. The first-order valence-corrected chi connectivity index (χ1v) is 6.71. The van der Waals surface area contributed by atoms with Gasteiger partial charge in [0.2, 0.25) is 0 Å². The molecule has 0 fully saturated rings. The van der Waals surface area contributed by atoms with E-state index in [1.807, 2.05) is 45.0 Å². The zero-order valence-electron chi connectivity index (χ0n) is 11.8. The van der Waals surface area contributed by atoms with Crippen molar-refractivity contribution >= 4 is 5.97 Å². The summed E-state index contributed by atoms with van der Waals surface area (Å²) in [5.74, 6) is 0.351. The van der Waals surface area contributed by atoms with Crippen molar-refractivity contribution in [1.82, 2.24) is 5.32 Å². The molecule has 0 saturated heterocycles. The summed E-state index contributed by atoms with van der Waals surface area (Å²) < 4.78 is 5.52. The van der Waals surface area contributed by atoms with Gasteiger partial charge in [0.05, 0.1) is 6.61 Å². The van der Waals surface area contributed by atoms with Gasteiger partial charge in [0.1, 0.15) is 11.8 Å². The van der Waals surface area contributed by atoms with E-state index in [-0.39, 0.29) is 0 Å². The molecular weight excluding hydrogens is 242 g/mol. The smallest absolute Gasteiger partial charge is 0.320 e. The van der Waals surface area contributed by atoms with Gasteiger partial charge in [-0.2, -0.15) is 0 Å². The average Bonchev–Trinajstić information content (AvgIpc) is 2.35. The molecule has 0 aromatic heterocycles. The van der Waals surface area contributed by atoms with Crippen LogP contribution in [0, 0.1) is 5.92 Å². The van der Waals surface area contributed by atoms with Crippen LogP contribution in [0.25, 0.3) is 0 Å². The first-order chi connectivity index (χ1) is 9.04. The summed E-state index contributed by atoms with van der Waals surface area (Å²) in [7, 11) is 0. The van der Waals surface area contributed by atoms with Crippen molar-refractivity contribution in [3.05, 3.63) is 29.8 Å². The Labute approximate surface area is 114 Å². The number of carboxylic acid groups (broad SMARTS) is 1. The van der Waals surface area contributed by atoms with Crippen molar-refractivity contribution in [2.24, 2.45) is 5.92 Å². The molecule has 1 aromatic rings. The average molecular weight is 265 g/mol.